The average Bonchev–Trinajstić information content (AvgIpc) is 3.02. The molecule has 1 unspecified atom stereocenters. The Morgan fingerprint density at radius 1 is 1.35 bits per heavy atom. The summed E-state index contributed by atoms with van der Waals surface area (Å²) in [6, 6.07) is 5.01. The number of oxazole rings is 1. The van der Waals surface area contributed by atoms with E-state index in [9.17, 15) is 0 Å². The van der Waals surface area contributed by atoms with Crippen molar-refractivity contribution in [2.75, 3.05) is 31.1 Å². The van der Waals surface area contributed by atoms with Crippen LogP contribution < -0.4 is 4.90 Å². The highest BCUT2D eigenvalue weighted by atomic mass is 16.4. The molecule has 2 aromatic rings. The Bertz CT molecular complexity index is 716. The molecule has 2 bridgehead atoms. The van der Waals surface area contributed by atoms with Gasteiger partial charge in [-0.2, -0.15) is 10.2 Å². The zero-order valence-electron chi connectivity index (χ0n) is 11.3. The molecule has 6 heteroatoms. The fourth-order valence-corrected chi connectivity index (χ4v) is 3.13. The van der Waals surface area contributed by atoms with Gasteiger partial charge in [-0.05, 0) is 13.3 Å². The van der Waals surface area contributed by atoms with E-state index < -0.39 is 0 Å². The van der Waals surface area contributed by atoms with Crippen LogP contribution in [0, 0.1) is 18.3 Å². The zero-order valence-corrected chi connectivity index (χ0v) is 11.3. The van der Waals surface area contributed by atoms with Gasteiger partial charge in [0.2, 0.25) is 5.65 Å². The molecule has 2 saturated heterocycles. The van der Waals surface area contributed by atoms with E-state index in [4.69, 9.17) is 9.68 Å². The van der Waals surface area contributed by atoms with Crippen LogP contribution in [0.25, 0.3) is 11.2 Å². The molecule has 20 heavy (non-hydrogen) atoms. The molecule has 102 valence electrons. The number of aryl methyl sites for hydroxylation is 1. The molecular formula is C14H15N5O. The van der Waals surface area contributed by atoms with Crippen molar-refractivity contribution >= 4 is 17.2 Å². The molecule has 0 N–H and O–H groups in total. The molecule has 2 aliphatic rings. The molecule has 2 aliphatic heterocycles. The number of anilines is 1. The van der Waals surface area contributed by atoms with Crippen molar-refractivity contribution in [3.63, 3.8) is 0 Å². The van der Waals surface area contributed by atoms with Crippen molar-refractivity contribution in [1.29, 1.82) is 5.26 Å². The number of hydrogen-bond donors (Lipinski definition) is 0. The van der Waals surface area contributed by atoms with Gasteiger partial charge in [0.05, 0.1) is 11.3 Å². The molecule has 0 radical (unpaired) electrons. The highest BCUT2D eigenvalue weighted by molar-refractivity contribution is 5.72. The fraction of sp³-hybridized carbons (Fsp3) is 0.500. The number of aromatic nitrogens is 2. The van der Waals surface area contributed by atoms with E-state index in [0.717, 1.165) is 32.6 Å². The Morgan fingerprint density at radius 2 is 2.25 bits per heavy atom. The van der Waals surface area contributed by atoms with Gasteiger partial charge in [0.15, 0.2) is 5.58 Å². The van der Waals surface area contributed by atoms with Crippen LogP contribution in [0.1, 0.15) is 17.7 Å². The SMILES string of the molecule is Cc1nc2nc(N3CC[N@@]4CCC3C4)oc2cc1C#N. The first-order chi connectivity index (χ1) is 9.74. The van der Waals surface area contributed by atoms with Gasteiger partial charge >= 0.3 is 0 Å². The van der Waals surface area contributed by atoms with E-state index in [-0.39, 0.29) is 0 Å². The predicted octanol–water partition coefficient (Wildman–Crippen LogP) is 1.30. The first-order valence-corrected chi connectivity index (χ1v) is 6.92. The Hall–Kier alpha value is -2.13. The lowest BCUT2D eigenvalue weighted by atomic mass is 10.2. The van der Waals surface area contributed by atoms with Crippen molar-refractivity contribution in [1.82, 2.24) is 14.9 Å². The third-order valence-corrected chi connectivity index (χ3v) is 4.27. The standard InChI is InChI=1S/C14H15N5O/c1-9-10(7-15)6-12-13(16-9)17-14(20-12)19-5-4-18-3-2-11(19)8-18/h6,11H,2-5,8H2,1H3. The second kappa shape index (κ2) is 4.18. The largest absolute Gasteiger partial charge is 0.422 e. The van der Waals surface area contributed by atoms with Crippen molar-refractivity contribution < 1.29 is 4.42 Å². The van der Waals surface area contributed by atoms with Crippen LogP contribution in [0.2, 0.25) is 0 Å². The van der Waals surface area contributed by atoms with Crippen molar-refractivity contribution in [3.05, 3.63) is 17.3 Å². The summed E-state index contributed by atoms with van der Waals surface area (Å²) in [5.74, 6) is 0. The van der Waals surface area contributed by atoms with E-state index in [2.05, 4.69) is 25.8 Å². The van der Waals surface area contributed by atoms with E-state index in [1.807, 2.05) is 6.92 Å². The molecule has 2 fully saturated rings. The molecule has 0 amide bonds. The summed E-state index contributed by atoms with van der Waals surface area (Å²) in [7, 11) is 0. The van der Waals surface area contributed by atoms with Crippen LogP contribution in [-0.4, -0.2) is 47.1 Å². The zero-order chi connectivity index (χ0) is 13.7. The van der Waals surface area contributed by atoms with Crippen molar-refractivity contribution in [3.8, 4) is 6.07 Å². The Morgan fingerprint density at radius 3 is 3.10 bits per heavy atom. The Kier molecular flexibility index (Phi) is 2.44. The number of pyridine rings is 1. The van der Waals surface area contributed by atoms with Gasteiger partial charge in [-0.25, -0.2) is 4.98 Å². The van der Waals surface area contributed by atoms with Crippen LogP contribution in [0.3, 0.4) is 0 Å². The van der Waals surface area contributed by atoms with Crippen LogP contribution in [0.15, 0.2) is 10.5 Å². The van der Waals surface area contributed by atoms with Crippen molar-refractivity contribution in [2.24, 2.45) is 0 Å². The first kappa shape index (κ1) is 11.7. The summed E-state index contributed by atoms with van der Waals surface area (Å²) in [6.07, 6.45) is 1.16. The number of rotatable bonds is 1. The van der Waals surface area contributed by atoms with E-state index in [1.165, 1.54) is 0 Å². The molecule has 2 aromatic heterocycles. The summed E-state index contributed by atoms with van der Waals surface area (Å²) in [5.41, 5.74) is 2.44. The highest BCUT2D eigenvalue weighted by Crippen LogP contribution is 2.29. The van der Waals surface area contributed by atoms with Crippen LogP contribution in [0.4, 0.5) is 6.01 Å². The molecule has 6 nitrogen and oxygen atoms in total. The lowest BCUT2D eigenvalue weighted by molar-refractivity contribution is 0.304. The summed E-state index contributed by atoms with van der Waals surface area (Å²) < 4.78 is 5.84. The average molecular weight is 269 g/mol. The maximum Gasteiger partial charge on any atom is 0.300 e. The third kappa shape index (κ3) is 1.67. The molecule has 0 saturated carbocycles. The monoisotopic (exact) mass is 269 g/mol. The van der Waals surface area contributed by atoms with Crippen LogP contribution in [0.5, 0.6) is 0 Å². The topological polar surface area (TPSA) is 69.2 Å². The highest BCUT2D eigenvalue weighted by Gasteiger charge is 2.34. The Balaban J connectivity index is 1.75. The number of hydrogen-bond acceptors (Lipinski definition) is 6. The molecular weight excluding hydrogens is 254 g/mol. The van der Waals surface area contributed by atoms with Gasteiger partial charge in [-0.1, -0.05) is 0 Å². The maximum absolute atomic E-state index is 9.05. The van der Waals surface area contributed by atoms with Crippen molar-refractivity contribution in [2.45, 2.75) is 19.4 Å². The molecule has 0 aliphatic carbocycles. The van der Waals surface area contributed by atoms with Gasteiger partial charge in [0.25, 0.3) is 6.01 Å². The van der Waals surface area contributed by atoms with E-state index in [0.29, 0.717) is 34.5 Å². The quantitative estimate of drug-likeness (QED) is 0.777. The minimum Gasteiger partial charge on any atom is -0.422 e. The lowest BCUT2D eigenvalue weighted by Crippen LogP contribution is -2.46. The van der Waals surface area contributed by atoms with Gasteiger partial charge in [-0.3, -0.25) is 4.90 Å². The fourth-order valence-electron chi connectivity index (χ4n) is 3.13. The van der Waals surface area contributed by atoms with Gasteiger partial charge in [0, 0.05) is 38.3 Å². The molecule has 2 atom stereocenters. The number of piperazine rings is 1. The number of nitrogens with zero attached hydrogens (tertiary/aromatic N) is 5. The maximum atomic E-state index is 9.05. The summed E-state index contributed by atoms with van der Waals surface area (Å²) >= 11 is 0. The Labute approximate surface area is 116 Å². The van der Waals surface area contributed by atoms with Crippen LogP contribution in [-0.2, 0) is 0 Å². The van der Waals surface area contributed by atoms with E-state index in [1.54, 1.807) is 6.07 Å². The van der Waals surface area contributed by atoms with Gasteiger partial charge < -0.3 is 9.32 Å². The number of fused-ring (bicyclic) bond motifs is 3. The van der Waals surface area contributed by atoms with Crippen LogP contribution >= 0.6 is 0 Å². The van der Waals surface area contributed by atoms with E-state index >= 15 is 0 Å². The molecule has 4 rings (SSSR count). The third-order valence-electron chi connectivity index (χ3n) is 4.27. The van der Waals surface area contributed by atoms with Gasteiger partial charge in [-0.15, -0.1) is 0 Å². The lowest BCUT2D eigenvalue weighted by Gasteiger charge is -2.32. The summed E-state index contributed by atoms with van der Waals surface area (Å²) in [6.45, 7) is 6.08. The molecule has 0 aromatic carbocycles. The smallest absolute Gasteiger partial charge is 0.300 e. The second-order valence-electron chi connectivity index (χ2n) is 5.49. The minimum absolute atomic E-state index is 0.494. The first-order valence-electron chi connectivity index (χ1n) is 6.92. The minimum atomic E-state index is 0.494. The molecule has 0 spiro atoms. The van der Waals surface area contributed by atoms with Gasteiger partial charge in [0.1, 0.15) is 6.07 Å². The number of nitriles is 1. The summed E-state index contributed by atoms with van der Waals surface area (Å²) in [4.78, 5) is 13.6. The summed E-state index contributed by atoms with van der Waals surface area (Å²) in [5, 5.41) is 9.05. The molecule has 4 heterocycles. The second-order valence-corrected chi connectivity index (χ2v) is 5.49. The normalized spacial score (nSPS) is 25.1. The predicted molar refractivity (Wildman–Crippen MR) is 73.4 cm³/mol.